The first-order valence-corrected chi connectivity index (χ1v) is 7.99. The van der Waals surface area contributed by atoms with Crippen LogP contribution < -0.4 is 15.6 Å². The summed E-state index contributed by atoms with van der Waals surface area (Å²) in [6, 6.07) is 7.27. The van der Waals surface area contributed by atoms with Crippen LogP contribution in [0, 0.1) is 12.8 Å². The summed E-state index contributed by atoms with van der Waals surface area (Å²) in [5.74, 6) is 0.419. The Bertz CT molecular complexity index is 842. The molecule has 1 N–H and O–H groups in total. The second-order valence-electron chi connectivity index (χ2n) is 6.21. The van der Waals surface area contributed by atoms with Crippen LogP contribution in [0.4, 0.5) is 5.69 Å². The van der Waals surface area contributed by atoms with Crippen molar-refractivity contribution in [1.29, 1.82) is 0 Å². The number of benzene rings is 1. The zero-order chi connectivity index (χ0) is 17.3. The molecule has 0 saturated heterocycles. The zero-order valence-corrected chi connectivity index (χ0v) is 14.1. The Balaban J connectivity index is 1.78. The quantitative estimate of drug-likeness (QED) is 0.933. The number of hydrogen-bond acceptors (Lipinski definition) is 4. The van der Waals surface area contributed by atoms with Crippen LogP contribution in [0.1, 0.15) is 23.2 Å². The minimum Gasteiger partial charge on any atom is -0.495 e. The third kappa shape index (κ3) is 3.18. The number of ether oxygens (including phenoxy) is 1. The Morgan fingerprint density at radius 1 is 1.38 bits per heavy atom. The van der Waals surface area contributed by atoms with Crippen molar-refractivity contribution in [3.8, 4) is 5.75 Å². The summed E-state index contributed by atoms with van der Waals surface area (Å²) in [5, 5.41) is 7.24. The van der Waals surface area contributed by atoms with Gasteiger partial charge in [-0.05, 0) is 49.4 Å². The fourth-order valence-corrected chi connectivity index (χ4v) is 3.06. The molecule has 1 atom stereocenters. The van der Waals surface area contributed by atoms with Gasteiger partial charge < -0.3 is 10.1 Å². The largest absolute Gasteiger partial charge is 0.495 e. The minimum atomic E-state index is -0.170. The lowest BCUT2D eigenvalue weighted by Gasteiger charge is -2.23. The first-order valence-electron chi connectivity index (χ1n) is 7.99. The van der Waals surface area contributed by atoms with Crippen molar-refractivity contribution in [2.45, 2.75) is 26.2 Å². The predicted molar refractivity (Wildman–Crippen MR) is 91.4 cm³/mol. The summed E-state index contributed by atoms with van der Waals surface area (Å²) in [6.45, 7) is 1.97. The van der Waals surface area contributed by atoms with Gasteiger partial charge in [-0.2, -0.15) is 5.10 Å². The highest BCUT2D eigenvalue weighted by molar-refractivity contribution is 5.94. The molecule has 1 heterocycles. The number of hydrogen-bond donors (Lipinski definition) is 1. The summed E-state index contributed by atoms with van der Waals surface area (Å²) in [7, 11) is 3.23. The van der Waals surface area contributed by atoms with E-state index in [0.717, 1.165) is 23.2 Å². The molecule has 1 aliphatic rings. The molecule has 0 fully saturated rings. The number of carbonyl (C=O) groups excluding carboxylic acids is 1. The number of amides is 1. The van der Waals surface area contributed by atoms with Crippen molar-refractivity contribution >= 4 is 11.6 Å². The smallest absolute Gasteiger partial charge is 0.266 e. The van der Waals surface area contributed by atoms with Crippen LogP contribution in [0.5, 0.6) is 5.75 Å². The van der Waals surface area contributed by atoms with Crippen LogP contribution in [0.25, 0.3) is 0 Å². The van der Waals surface area contributed by atoms with Gasteiger partial charge in [0.05, 0.1) is 18.5 Å². The minimum absolute atomic E-state index is 0.0507. The molecule has 1 amide bonds. The molecule has 1 aliphatic carbocycles. The lowest BCUT2D eigenvalue weighted by Crippen LogP contribution is -2.31. The van der Waals surface area contributed by atoms with E-state index in [-0.39, 0.29) is 17.4 Å². The first-order chi connectivity index (χ1) is 11.5. The molecule has 126 valence electrons. The first kappa shape index (κ1) is 16.2. The van der Waals surface area contributed by atoms with Gasteiger partial charge in [0.1, 0.15) is 5.75 Å². The number of carbonyl (C=O) groups is 1. The van der Waals surface area contributed by atoms with Gasteiger partial charge in [-0.1, -0.05) is 6.07 Å². The van der Waals surface area contributed by atoms with E-state index in [0.29, 0.717) is 24.3 Å². The maximum atomic E-state index is 12.6. The summed E-state index contributed by atoms with van der Waals surface area (Å²) in [4.78, 5) is 24.4. The molecule has 0 radical (unpaired) electrons. The third-order valence-electron chi connectivity index (χ3n) is 4.44. The number of fused-ring (bicyclic) bond motifs is 1. The molecule has 3 rings (SSSR count). The average Bonchev–Trinajstić information content (AvgIpc) is 2.55. The van der Waals surface area contributed by atoms with E-state index in [9.17, 15) is 9.59 Å². The van der Waals surface area contributed by atoms with E-state index in [1.165, 1.54) is 4.68 Å². The topological polar surface area (TPSA) is 73.2 Å². The monoisotopic (exact) mass is 327 g/mol. The van der Waals surface area contributed by atoms with E-state index in [1.807, 2.05) is 25.1 Å². The van der Waals surface area contributed by atoms with E-state index < -0.39 is 0 Å². The fourth-order valence-electron chi connectivity index (χ4n) is 3.06. The Morgan fingerprint density at radius 2 is 2.17 bits per heavy atom. The van der Waals surface area contributed by atoms with Crippen LogP contribution in [-0.4, -0.2) is 22.8 Å². The average molecular weight is 327 g/mol. The molecule has 6 nitrogen and oxygen atoms in total. The normalized spacial score (nSPS) is 16.4. The molecule has 0 unspecified atom stereocenters. The van der Waals surface area contributed by atoms with Gasteiger partial charge in [0.15, 0.2) is 0 Å². The van der Waals surface area contributed by atoms with Gasteiger partial charge >= 0.3 is 0 Å². The van der Waals surface area contributed by atoms with Crippen molar-refractivity contribution in [2.75, 3.05) is 12.4 Å². The number of anilines is 1. The molecule has 1 aromatic carbocycles. The van der Waals surface area contributed by atoms with Crippen LogP contribution in [0.2, 0.25) is 0 Å². The second kappa shape index (κ2) is 6.47. The third-order valence-corrected chi connectivity index (χ3v) is 4.44. The standard InChI is InChI=1S/C18H21N3O3/c1-11-4-7-16(24-3)15(8-11)19-18(23)12-5-6-14-13(9-12)10-17(22)21(2)20-14/h4,7-8,10,12H,5-6,9H2,1-3H3,(H,19,23)/t12-/m0/s1. The molecule has 0 saturated carbocycles. The van der Waals surface area contributed by atoms with Gasteiger partial charge in [-0.3, -0.25) is 9.59 Å². The SMILES string of the molecule is COc1ccc(C)cc1NC(=O)[C@H]1CCc2nn(C)c(=O)cc2C1. The van der Waals surface area contributed by atoms with Gasteiger partial charge in [-0.15, -0.1) is 0 Å². The highest BCUT2D eigenvalue weighted by atomic mass is 16.5. The van der Waals surface area contributed by atoms with Crippen LogP contribution in [0.3, 0.4) is 0 Å². The van der Waals surface area contributed by atoms with Gasteiger partial charge in [0.25, 0.3) is 5.56 Å². The van der Waals surface area contributed by atoms with Gasteiger partial charge in [0, 0.05) is 19.0 Å². The molecule has 6 heteroatoms. The Morgan fingerprint density at radius 3 is 2.92 bits per heavy atom. The van der Waals surface area contributed by atoms with Crippen molar-refractivity contribution in [3.63, 3.8) is 0 Å². The lowest BCUT2D eigenvalue weighted by atomic mass is 9.86. The van der Waals surface area contributed by atoms with Gasteiger partial charge in [-0.25, -0.2) is 4.68 Å². The fraction of sp³-hybridized carbons (Fsp3) is 0.389. The lowest BCUT2D eigenvalue weighted by molar-refractivity contribution is -0.120. The van der Waals surface area contributed by atoms with Crippen molar-refractivity contribution < 1.29 is 9.53 Å². The van der Waals surface area contributed by atoms with Crippen LogP contribution in [0.15, 0.2) is 29.1 Å². The van der Waals surface area contributed by atoms with Crippen LogP contribution >= 0.6 is 0 Å². The maximum absolute atomic E-state index is 12.6. The predicted octanol–water partition coefficient (Wildman–Crippen LogP) is 1.84. The van der Waals surface area contributed by atoms with E-state index in [1.54, 1.807) is 20.2 Å². The highest BCUT2D eigenvalue weighted by Gasteiger charge is 2.26. The summed E-state index contributed by atoms with van der Waals surface area (Å²) in [5.41, 5.74) is 3.37. The number of nitrogens with zero attached hydrogens (tertiary/aromatic N) is 2. The van der Waals surface area contributed by atoms with E-state index >= 15 is 0 Å². The Kier molecular flexibility index (Phi) is 4.38. The van der Waals surface area contributed by atoms with Crippen molar-refractivity contribution in [3.05, 3.63) is 51.4 Å². The summed E-state index contributed by atoms with van der Waals surface area (Å²) >= 11 is 0. The second-order valence-corrected chi connectivity index (χ2v) is 6.21. The van der Waals surface area contributed by atoms with Crippen LogP contribution in [-0.2, 0) is 24.7 Å². The summed E-state index contributed by atoms with van der Waals surface area (Å²) < 4.78 is 6.65. The zero-order valence-electron chi connectivity index (χ0n) is 14.1. The molecule has 0 spiro atoms. The summed E-state index contributed by atoms with van der Waals surface area (Å²) in [6.07, 6.45) is 1.96. The number of methoxy groups -OCH3 is 1. The Hall–Kier alpha value is -2.63. The molecular formula is C18H21N3O3. The van der Waals surface area contributed by atoms with Crippen molar-refractivity contribution in [1.82, 2.24) is 9.78 Å². The molecule has 0 bridgehead atoms. The maximum Gasteiger partial charge on any atom is 0.266 e. The highest BCUT2D eigenvalue weighted by Crippen LogP contribution is 2.28. The number of aryl methyl sites for hydroxylation is 3. The molecular weight excluding hydrogens is 306 g/mol. The van der Waals surface area contributed by atoms with Crippen molar-refractivity contribution in [2.24, 2.45) is 13.0 Å². The van der Waals surface area contributed by atoms with Gasteiger partial charge in [0.2, 0.25) is 5.91 Å². The molecule has 0 aliphatic heterocycles. The molecule has 2 aromatic rings. The molecule has 1 aromatic heterocycles. The Labute approximate surface area is 140 Å². The molecule has 24 heavy (non-hydrogen) atoms. The number of aromatic nitrogens is 2. The van der Waals surface area contributed by atoms with E-state index in [4.69, 9.17) is 4.74 Å². The number of rotatable bonds is 3. The van der Waals surface area contributed by atoms with E-state index in [2.05, 4.69) is 10.4 Å². The number of nitrogens with one attached hydrogen (secondary N) is 1.